The SMILES string of the molecule is CNCC1CCC(C(C)C)CC1Cc1c(Cl)cccc1Cl. The molecule has 3 heteroatoms. The summed E-state index contributed by atoms with van der Waals surface area (Å²) < 4.78 is 0. The maximum atomic E-state index is 6.37. The maximum Gasteiger partial charge on any atom is 0.0452 e. The fourth-order valence-corrected chi connectivity index (χ4v) is 4.29. The molecule has 1 fully saturated rings. The molecule has 2 rings (SSSR count). The first-order valence-electron chi connectivity index (χ1n) is 8.10. The Morgan fingerprint density at radius 2 is 1.81 bits per heavy atom. The van der Waals surface area contributed by atoms with Crippen molar-refractivity contribution in [2.24, 2.45) is 23.7 Å². The quantitative estimate of drug-likeness (QED) is 0.758. The molecule has 118 valence electrons. The van der Waals surface area contributed by atoms with Crippen LogP contribution in [0.1, 0.15) is 38.7 Å². The summed E-state index contributed by atoms with van der Waals surface area (Å²) in [5, 5.41) is 4.99. The van der Waals surface area contributed by atoms with E-state index in [1.165, 1.54) is 19.3 Å². The van der Waals surface area contributed by atoms with Crippen LogP contribution in [0.2, 0.25) is 10.0 Å². The molecule has 0 saturated heterocycles. The lowest BCUT2D eigenvalue weighted by atomic mass is 9.68. The van der Waals surface area contributed by atoms with Gasteiger partial charge in [0.1, 0.15) is 0 Å². The van der Waals surface area contributed by atoms with E-state index in [1.54, 1.807) is 0 Å². The van der Waals surface area contributed by atoms with Crippen LogP contribution in [0.15, 0.2) is 18.2 Å². The molecule has 0 bridgehead atoms. The highest BCUT2D eigenvalue weighted by Crippen LogP contribution is 2.40. The zero-order valence-electron chi connectivity index (χ0n) is 13.3. The minimum atomic E-state index is 0.677. The van der Waals surface area contributed by atoms with E-state index >= 15 is 0 Å². The van der Waals surface area contributed by atoms with Crippen molar-refractivity contribution in [1.82, 2.24) is 5.32 Å². The average Bonchev–Trinajstić information content (AvgIpc) is 2.44. The van der Waals surface area contributed by atoms with Gasteiger partial charge in [0.25, 0.3) is 0 Å². The molecule has 0 spiro atoms. The molecule has 0 heterocycles. The van der Waals surface area contributed by atoms with Gasteiger partial charge in [-0.3, -0.25) is 0 Å². The second-order valence-electron chi connectivity index (χ2n) is 6.80. The Balaban J connectivity index is 2.16. The predicted octanol–water partition coefficient (Wildman–Crippen LogP) is 5.44. The topological polar surface area (TPSA) is 12.0 Å². The summed E-state index contributed by atoms with van der Waals surface area (Å²) in [6.45, 7) is 5.79. The van der Waals surface area contributed by atoms with E-state index in [-0.39, 0.29) is 0 Å². The van der Waals surface area contributed by atoms with Crippen molar-refractivity contribution in [2.45, 2.75) is 39.5 Å². The zero-order chi connectivity index (χ0) is 15.4. The Labute approximate surface area is 139 Å². The van der Waals surface area contributed by atoms with E-state index in [1.807, 2.05) is 25.2 Å². The van der Waals surface area contributed by atoms with Gasteiger partial charge >= 0.3 is 0 Å². The van der Waals surface area contributed by atoms with Crippen LogP contribution in [0.5, 0.6) is 0 Å². The standard InChI is InChI=1S/C18H27Cl2N/c1-12(2)13-7-8-14(11-21-3)15(9-13)10-16-17(19)5-4-6-18(16)20/h4-6,12-15,21H,7-11H2,1-3H3. The van der Waals surface area contributed by atoms with Crippen LogP contribution in [-0.2, 0) is 6.42 Å². The van der Waals surface area contributed by atoms with Gasteiger partial charge in [-0.05, 0) is 80.6 Å². The molecule has 3 unspecified atom stereocenters. The van der Waals surface area contributed by atoms with Gasteiger partial charge < -0.3 is 5.32 Å². The number of nitrogens with one attached hydrogen (secondary N) is 1. The first kappa shape index (κ1) is 17.1. The lowest BCUT2D eigenvalue weighted by molar-refractivity contribution is 0.146. The Morgan fingerprint density at radius 3 is 2.38 bits per heavy atom. The Morgan fingerprint density at radius 1 is 1.14 bits per heavy atom. The molecule has 0 amide bonds. The lowest BCUT2D eigenvalue weighted by Crippen LogP contribution is -2.34. The molecular formula is C18H27Cl2N. The zero-order valence-corrected chi connectivity index (χ0v) is 14.8. The fraction of sp³-hybridized carbons (Fsp3) is 0.667. The number of hydrogen-bond acceptors (Lipinski definition) is 1. The van der Waals surface area contributed by atoms with Crippen LogP contribution in [0.25, 0.3) is 0 Å². The van der Waals surface area contributed by atoms with Crippen molar-refractivity contribution in [3.63, 3.8) is 0 Å². The van der Waals surface area contributed by atoms with Gasteiger partial charge in [-0.1, -0.05) is 43.1 Å². The largest absolute Gasteiger partial charge is 0.319 e. The first-order chi connectivity index (χ1) is 10.0. The second-order valence-corrected chi connectivity index (χ2v) is 7.61. The number of hydrogen-bond donors (Lipinski definition) is 1. The van der Waals surface area contributed by atoms with E-state index in [0.717, 1.165) is 46.3 Å². The monoisotopic (exact) mass is 327 g/mol. The van der Waals surface area contributed by atoms with Gasteiger partial charge in [0.2, 0.25) is 0 Å². The molecule has 0 aromatic heterocycles. The van der Waals surface area contributed by atoms with Crippen molar-refractivity contribution >= 4 is 23.2 Å². The van der Waals surface area contributed by atoms with E-state index in [9.17, 15) is 0 Å². The summed E-state index contributed by atoms with van der Waals surface area (Å²) in [4.78, 5) is 0. The summed E-state index contributed by atoms with van der Waals surface area (Å²) in [7, 11) is 2.05. The molecule has 1 aromatic carbocycles. The van der Waals surface area contributed by atoms with Gasteiger partial charge in [0.15, 0.2) is 0 Å². The molecule has 1 N–H and O–H groups in total. The minimum Gasteiger partial charge on any atom is -0.319 e. The minimum absolute atomic E-state index is 0.677. The van der Waals surface area contributed by atoms with Gasteiger partial charge in [-0.15, -0.1) is 0 Å². The second kappa shape index (κ2) is 7.85. The Bertz CT molecular complexity index is 438. The fourth-order valence-electron chi connectivity index (χ4n) is 3.74. The molecule has 1 aromatic rings. The highest BCUT2D eigenvalue weighted by molar-refractivity contribution is 6.35. The van der Waals surface area contributed by atoms with E-state index in [2.05, 4.69) is 19.2 Å². The van der Waals surface area contributed by atoms with Crippen LogP contribution in [0.3, 0.4) is 0 Å². The lowest BCUT2D eigenvalue weighted by Gasteiger charge is -2.38. The number of rotatable bonds is 5. The predicted molar refractivity (Wildman–Crippen MR) is 93.3 cm³/mol. The van der Waals surface area contributed by atoms with E-state index in [0.29, 0.717) is 5.92 Å². The average molecular weight is 328 g/mol. The normalized spacial score (nSPS) is 26.3. The van der Waals surface area contributed by atoms with Gasteiger partial charge in [0.05, 0.1) is 0 Å². The third kappa shape index (κ3) is 4.37. The molecule has 3 atom stereocenters. The van der Waals surface area contributed by atoms with Crippen molar-refractivity contribution in [3.05, 3.63) is 33.8 Å². The van der Waals surface area contributed by atoms with Crippen LogP contribution in [0.4, 0.5) is 0 Å². The van der Waals surface area contributed by atoms with Crippen molar-refractivity contribution in [1.29, 1.82) is 0 Å². The summed E-state index contributed by atoms with van der Waals surface area (Å²) in [5.74, 6) is 3.02. The van der Waals surface area contributed by atoms with Crippen LogP contribution < -0.4 is 5.32 Å². The molecule has 1 aliphatic carbocycles. The van der Waals surface area contributed by atoms with E-state index < -0.39 is 0 Å². The summed E-state index contributed by atoms with van der Waals surface area (Å²) in [5.41, 5.74) is 1.14. The Kier molecular flexibility index (Phi) is 6.40. The molecule has 1 nitrogen and oxygen atoms in total. The molecular weight excluding hydrogens is 301 g/mol. The van der Waals surface area contributed by atoms with Crippen LogP contribution >= 0.6 is 23.2 Å². The first-order valence-corrected chi connectivity index (χ1v) is 8.86. The highest BCUT2D eigenvalue weighted by Gasteiger charge is 2.32. The molecule has 0 aliphatic heterocycles. The molecule has 21 heavy (non-hydrogen) atoms. The third-order valence-electron chi connectivity index (χ3n) is 5.12. The van der Waals surface area contributed by atoms with Crippen molar-refractivity contribution < 1.29 is 0 Å². The number of halogens is 2. The third-order valence-corrected chi connectivity index (χ3v) is 5.83. The smallest absolute Gasteiger partial charge is 0.0452 e. The maximum absolute atomic E-state index is 6.37. The summed E-state index contributed by atoms with van der Waals surface area (Å²) in [6, 6.07) is 5.84. The van der Waals surface area contributed by atoms with Crippen molar-refractivity contribution in [2.75, 3.05) is 13.6 Å². The highest BCUT2D eigenvalue weighted by atomic mass is 35.5. The van der Waals surface area contributed by atoms with Crippen LogP contribution in [-0.4, -0.2) is 13.6 Å². The van der Waals surface area contributed by atoms with Gasteiger partial charge in [-0.25, -0.2) is 0 Å². The van der Waals surface area contributed by atoms with E-state index in [4.69, 9.17) is 23.2 Å². The molecule has 1 aliphatic rings. The molecule has 0 radical (unpaired) electrons. The van der Waals surface area contributed by atoms with Gasteiger partial charge in [-0.2, -0.15) is 0 Å². The summed E-state index contributed by atoms with van der Waals surface area (Å²) >= 11 is 12.7. The van der Waals surface area contributed by atoms with Gasteiger partial charge in [0, 0.05) is 10.0 Å². The molecule has 1 saturated carbocycles. The number of benzene rings is 1. The van der Waals surface area contributed by atoms with Crippen molar-refractivity contribution in [3.8, 4) is 0 Å². The van der Waals surface area contributed by atoms with Crippen LogP contribution in [0, 0.1) is 23.7 Å². The summed E-state index contributed by atoms with van der Waals surface area (Å²) in [6.07, 6.45) is 4.98. The Hall–Kier alpha value is -0.240.